The SMILES string of the molecule is Cc1cc(C[C@H](NC(=O)N[C@@H](CCC(=O)O)C(=O)O)C(=O)O)ccc1O.[2H]C([3H])I. The van der Waals surface area contributed by atoms with Crippen molar-refractivity contribution in [1.82, 2.24) is 10.6 Å². The van der Waals surface area contributed by atoms with Gasteiger partial charge in [-0.3, -0.25) is 4.79 Å². The lowest BCUT2D eigenvalue weighted by Crippen LogP contribution is -2.51. The zero-order valence-electron chi connectivity index (χ0n) is 16.9. The normalized spacial score (nSPS) is 14.1. The number of aromatic hydroxyl groups is 1. The van der Waals surface area contributed by atoms with Crippen LogP contribution >= 0.6 is 22.6 Å². The Morgan fingerprint density at radius 3 is 2.18 bits per heavy atom. The number of halogens is 1. The average molecular weight is 513 g/mol. The molecule has 6 N–H and O–H groups in total. The Labute approximate surface area is 177 Å². The second kappa shape index (κ2) is 12.8. The number of alkyl halides is 1. The molecule has 2 amide bonds. The predicted octanol–water partition coefficient (Wildman–Crippen LogP) is 1.36. The molecule has 11 heteroatoms. The van der Waals surface area contributed by atoms with E-state index in [1.807, 2.05) is 5.32 Å². The number of benzene rings is 1. The fourth-order valence-corrected chi connectivity index (χ4v) is 2.16. The van der Waals surface area contributed by atoms with Crippen LogP contribution in [-0.4, -0.2) is 61.3 Å². The summed E-state index contributed by atoms with van der Waals surface area (Å²) in [5.41, 5.74) is 1.09. The second-order valence-electron chi connectivity index (χ2n) is 5.66. The summed E-state index contributed by atoms with van der Waals surface area (Å²) in [4.78, 5) is 44.1. The smallest absolute Gasteiger partial charge is 0.326 e. The van der Waals surface area contributed by atoms with Crippen molar-refractivity contribution >= 4 is 46.5 Å². The summed E-state index contributed by atoms with van der Waals surface area (Å²) >= 11 is 1.68. The van der Waals surface area contributed by atoms with Gasteiger partial charge in [0.2, 0.25) is 0 Å². The van der Waals surface area contributed by atoms with Gasteiger partial charge >= 0.3 is 23.9 Å². The van der Waals surface area contributed by atoms with E-state index >= 15 is 0 Å². The van der Waals surface area contributed by atoms with Crippen LogP contribution in [-0.2, 0) is 20.8 Å². The minimum absolute atomic E-state index is 0.0501. The Morgan fingerprint density at radius 1 is 1.18 bits per heavy atom. The van der Waals surface area contributed by atoms with E-state index < -0.39 is 47.3 Å². The van der Waals surface area contributed by atoms with Crippen molar-refractivity contribution in [1.29, 1.82) is 0 Å². The van der Waals surface area contributed by atoms with Crippen LogP contribution in [0.5, 0.6) is 5.75 Å². The van der Waals surface area contributed by atoms with Gasteiger partial charge in [0, 0.05) is 15.6 Å². The number of hydrogen-bond acceptors (Lipinski definition) is 5. The lowest BCUT2D eigenvalue weighted by molar-refractivity contribution is -0.140. The van der Waals surface area contributed by atoms with Gasteiger partial charge < -0.3 is 31.1 Å². The van der Waals surface area contributed by atoms with Gasteiger partial charge in [0.05, 0.1) is 0 Å². The van der Waals surface area contributed by atoms with Gasteiger partial charge in [0.25, 0.3) is 0 Å². The van der Waals surface area contributed by atoms with Crippen LogP contribution < -0.4 is 10.6 Å². The molecule has 10 nitrogen and oxygen atoms in total. The number of amides is 2. The molecule has 0 aliphatic heterocycles. The lowest BCUT2D eigenvalue weighted by Gasteiger charge is -2.18. The number of phenols is 1. The molecule has 0 bridgehead atoms. The second-order valence-corrected chi connectivity index (χ2v) is 5.66. The molecular formula is C17H23IN2O8. The standard InChI is InChI=1S/C16H20N2O8.CH3I/c1-8-6-9(2-4-12(8)19)7-11(15(24)25)18-16(26)17-10(14(22)23)3-5-13(20)21;1-2/h2,4,6,10-11,19H,3,5,7H2,1H3,(H,20,21)(H,22,23)(H,24,25)(H2,17,18,26);1H3/t10-,11-;/m0./s1/i;1TD. The summed E-state index contributed by atoms with van der Waals surface area (Å²) in [7, 11) is 0. The number of aryl methyl sites for hydroxylation is 1. The largest absolute Gasteiger partial charge is 0.508 e. The Morgan fingerprint density at radius 2 is 1.71 bits per heavy atom. The van der Waals surface area contributed by atoms with Gasteiger partial charge in [-0.05, 0) is 35.4 Å². The zero-order chi connectivity index (χ0) is 23.4. The number of carboxylic acids is 3. The zero-order valence-corrected chi connectivity index (χ0v) is 17.0. The van der Waals surface area contributed by atoms with E-state index in [0.717, 1.165) is 0 Å². The molecule has 156 valence electrons. The van der Waals surface area contributed by atoms with Crippen molar-refractivity contribution in [2.45, 2.75) is 38.3 Å². The first-order valence-corrected chi connectivity index (χ1v) is 9.09. The van der Waals surface area contributed by atoms with Crippen LogP contribution in [0.4, 0.5) is 4.79 Å². The molecule has 0 heterocycles. The predicted molar refractivity (Wildman–Crippen MR) is 108 cm³/mol. The van der Waals surface area contributed by atoms with Crippen molar-refractivity contribution in [3.8, 4) is 5.75 Å². The van der Waals surface area contributed by atoms with Crippen molar-refractivity contribution < 1.29 is 42.3 Å². The maximum atomic E-state index is 11.9. The van der Waals surface area contributed by atoms with Crippen molar-refractivity contribution in [2.24, 2.45) is 0 Å². The van der Waals surface area contributed by atoms with Gasteiger partial charge in [0.15, 0.2) is 0 Å². The highest BCUT2D eigenvalue weighted by atomic mass is 127. The molecule has 1 aromatic rings. The summed E-state index contributed by atoms with van der Waals surface area (Å²) in [6.45, 7) is 1.63. The van der Waals surface area contributed by atoms with Gasteiger partial charge in [-0.25, -0.2) is 14.4 Å². The number of carboxylic acid groups (broad SMARTS) is 3. The van der Waals surface area contributed by atoms with E-state index in [2.05, 4.69) is 5.32 Å². The molecule has 0 saturated heterocycles. The molecule has 0 radical (unpaired) electrons. The third kappa shape index (κ3) is 9.39. The van der Waals surface area contributed by atoms with E-state index in [0.29, 0.717) is 11.1 Å². The molecule has 28 heavy (non-hydrogen) atoms. The molecule has 1 unspecified atom stereocenters. The molecule has 0 saturated carbocycles. The van der Waals surface area contributed by atoms with Crippen molar-refractivity contribution in [2.75, 3.05) is 4.88 Å². The first-order chi connectivity index (χ1) is 13.8. The lowest BCUT2D eigenvalue weighted by atomic mass is 10.0. The first kappa shape index (κ1) is 21.7. The number of phenolic OH excluding ortho intramolecular Hbond substituents is 1. The van der Waals surface area contributed by atoms with Crippen LogP contribution in [0.2, 0.25) is 0 Å². The van der Waals surface area contributed by atoms with Crippen LogP contribution in [0, 0.1) is 6.92 Å². The molecular weight excluding hydrogens is 487 g/mol. The van der Waals surface area contributed by atoms with Crippen LogP contribution in [0.1, 0.15) is 26.7 Å². The van der Waals surface area contributed by atoms with Gasteiger partial charge in [-0.15, -0.1) is 0 Å². The van der Waals surface area contributed by atoms with Gasteiger partial charge in [-0.2, -0.15) is 0 Å². The molecule has 1 rings (SSSR count). The van der Waals surface area contributed by atoms with Crippen molar-refractivity contribution in [3.05, 3.63) is 29.3 Å². The van der Waals surface area contributed by atoms with E-state index in [1.165, 1.54) is 12.1 Å². The van der Waals surface area contributed by atoms with E-state index in [1.54, 1.807) is 35.6 Å². The van der Waals surface area contributed by atoms with E-state index in [-0.39, 0.29) is 18.6 Å². The maximum absolute atomic E-state index is 11.9. The summed E-state index contributed by atoms with van der Waals surface area (Å²) < 4.78 is 12.5. The average Bonchev–Trinajstić information content (AvgIpc) is 2.60. The Kier molecular flexibility index (Phi) is 9.89. The van der Waals surface area contributed by atoms with E-state index in [9.17, 15) is 29.4 Å². The Bertz CT molecular complexity index is 761. The summed E-state index contributed by atoms with van der Waals surface area (Å²) in [6.07, 6.45) is -0.893. The number of nitrogens with one attached hydrogen (secondary N) is 2. The topological polar surface area (TPSA) is 173 Å². The summed E-state index contributed by atoms with van der Waals surface area (Å²) in [5.74, 6) is -3.93. The van der Waals surface area contributed by atoms with E-state index in [4.69, 9.17) is 13.0 Å². The monoisotopic (exact) mass is 513 g/mol. The molecule has 0 aliphatic carbocycles. The molecule has 3 atom stereocenters. The maximum Gasteiger partial charge on any atom is 0.326 e. The molecule has 0 aliphatic rings. The van der Waals surface area contributed by atoms with Crippen LogP contribution in [0.3, 0.4) is 0 Å². The Hall–Kier alpha value is -2.57. The number of carbonyl (C=O) groups is 4. The minimum Gasteiger partial charge on any atom is -0.508 e. The summed E-state index contributed by atoms with van der Waals surface area (Å²) in [5, 5.41) is 40.5. The number of carbonyl (C=O) groups excluding carboxylic acids is 1. The van der Waals surface area contributed by atoms with Crippen LogP contribution in [0.25, 0.3) is 0 Å². The first-order valence-electron chi connectivity index (χ1n) is 9.00. The molecule has 0 fully saturated rings. The number of hydrogen-bond donors (Lipinski definition) is 6. The highest BCUT2D eigenvalue weighted by Gasteiger charge is 2.25. The third-order valence-electron chi connectivity index (χ3n) is 3.55. The highest BCUT2D eigenvalue weighted by molar-refractivity contribution is 14.1. The molecule has 0 aromatic heterocycles. The van der Waals surface area contributed by atoms with Crippen molar-refractivity contribution in [3.63, 3.8) is 0 Å². The number of urea groups is 1. The third-order valence-corrected chi connectivity index (χ3v) is 3.55. The molecule has 0 spiro atoms. The van der Waals surface area contributed by atoms with Gasteiger partial charge in [0.1, 0.15) is 17.8 Å². The quantitative estimate of drug-likeness (QED) is 0.212. The number of rotatable bonds is 9. The Balaban J connectivity index is 0.00000192. The number of aliphatic carboxylic acids is 3. The van der Waals surface area contributed by atoms with Gasteiger partial charge in [-0.1, -0.05) is 34.7 Å². The highest BCUT2D eigenvalue weighted by Crippen LogP contribution is 2.18. The minimum atomic E-state index is -1.46. The fraction of sp³-hybridized carbons (Fsp3) is 0.412. The van der Waals surface area contributed by atoms with Crippen LogP contribution in [0.15, 0.2) is 18.2 Å². The molecule has 1 aromatic carbocycles. The fourth-order valence-electron chi connectivity index (χ4n) is 2.16. The summed E-state index contributed by atoms with van der Waals surface area (Å²) in [6, 6.07) is 0.633.